The second-order valence-corrected chi connectivity index (χ2v) is 10.9. The van der Waals surface area contributed by atoms with E-state index in [1.165, 1.54) is 31.3 Å². The monoisotopic (exact) mass is 446 g/mol. The maximum atomic E-state index is 10.5. The van der Waals surface area contributed by atoms with Crippen LogP contribution >= 0.6 is 0 Å². The third kappa shape index (κ3) is 5.75. The fourth-order valence-electron chi connectivity index (χ4n) is 6.42. The molecule has 0 heterocycles. The van der Waals surface area contributed by atoms with Gasteiger partial charge in [0.15, 0.2) is 0 Å². The van der Waals surface area contributed by atoms with Crippen molar-refractivity contribution in [2.45, 2.75) is 109 Å². The van der Waals surface area contributed by atoms with E-state index in [2.05, 4.69) is 39.5 Å². The van der Waals surface area contributed by atoms with Crippen molar-refractivity contribution in [2.75, 3.05) is 13.2 Å². The summed E-state index contributed by atoms with van der Waals surface area (Å²) in [5.74, 6) is 1.19. The highest BCUT2D eigenvalue weighted by Gasteiger charge is 2.49. The maximum Gasteiger partial charge on any atom is 0.0811 e. The van der Waals surface area contributed by atoms with Gasteiger partial charge in [0.1, 0.15) is 0 Å². The van der Waals surface area contributed by atoms with Crippen LogP contribution in [0.2, 0.25) is 0 Å². The number of hydrogen-bond acceptors (Lipinski definition) is 4. The van der Waals surface area contributed by atoms with E-state index in [9.17, 15) is 15.3 Å². The Hall–Kier alpha value is -0.940. The van der Waals surface area contributed by atoms with Crippen LogP contribution in [0.5, 0.6) is 0 Å². The van der Waals surface area contributed by atoms with Crippen molar-refractivity contribution < 1.29 is 20.1 Å². The molecule has 3 aliphatic carbocycles. The Morgan fingerprint density at radius 3 is 2.66 bits per heavy atom. The molecule has 0 aromatic rings. The summed E-state index contributed by atoms with van der Waals surface area (Å²) in [5, 5.41) is 30.6. The number of fused-ring (bicyclic) bond motifs is 1. The molecule has 0 aromatic carbocycles. The first-order valence-corrected chi connectivity index (χ1v) is 13.0. The van der Waals surface area contributed by atoms with Gasteiger partial charge in [-0.15, -0.1) is 0 Å². The first kappa shape index (κ1) is 25.7. The Labute approximate surface area is 195 Å². The van der Waals surface area contributed by atoms with E-state index >= 15 is 0 Å². The van der Waals surface area contributed by atoms with E-state index in [4.69, 9.17) is 4.74 Å². The molecule has 3 fully saturated rings. The Bertz CT molecular complexity index is 704. The van der Waals surface area contributed by atoms with Gasteiger partial charge in [-0.25, -0.2) is 0 Å². The first-order valence-electron chi connectivity index (χ1n) is 13.0. The molecular weight excluding hydrogens is 400 g/mol. The second-order valence-electron chi connectivity index (χ2n) is 10.9. The van der Waals surface area contributed by atoms with E-state index < -0.39 is 17.8 Å². The summed E-state index contributed by atoms with van der Waals surface area (Å²) < 4.78 is 6.13. The molecule has 0 unspecified atom stereocenters. The Morgan fingerprint density at radius 1 is 1.19 bits per heavy atom. The number of allylic oxidation sites excluding steroid dienone is 3. The van der Waals surface area contributed by atoms with Crippen LogP contribution in [0.3, 0.4) is 0 Å². The predicted octanol–water partition coefficient (Wildman–Crippen LogP) is 5.48. The third-order valence-corrected chi connectivity index (χ3v) is 8.99. The largest absolute Gasteiger partial charge is 0.393 e. The Morgan fingerprint density at radius 2 is 1.94 bits per heavy atom. The summed E-state index contributed by atoms with van der Waals surface area (Å²) in [6.45, 7) is 12.2. The van der Waals surface area contributed by atoms with Gasteiger partial charge in [0.2, 0.25) is 0 Å². The lowest BCUT2D eigenvalue weighted by atomic mass is 9.63. The van der Waals surface area contributed by atoms with Crippen molar-refractivity contribution in [3.8, 4) is 0 Å². The van der Waals surface area contributed by atoms with Gasteiger partial charge in [0.05, 0.1) is 17.8 Å². The molecule has 5 atom stereocenters. The molecule has 3 aliphatic rings. The van der Waals surface area contributed by atoms with Crippen LogP contribution in [-0.2, 0) is 4.74 Å². The summed E-state index contributed by atoms with van der Waals surface area (Å²) in [6, 6.07) is 0. The smallest absolute Gasteiger partial charge is 0.0811 e. The summed E-state index contributed by atoms with van der Waals surface area (Å²) in [5.41, 5.74) is 3.04. The van der Waals surface area contributed by atoms with Crippen molar-refractivity contribution in [3.63, 3.8) is 0 Å². The zero-order valence-electron chi connectivity index (χ0n) is 20.6. The molecule has 0 spiro atoms. The minimum absolute atomic E-state index is 0.290. The van der Waals surface area contributed by atoms with Gasteiger partial charge in [-0.1, -0.05) is 45.1 Å². The molecular formula is C28H46O4. The number of ether oxygens (including phenoxy) is 1. The summed E-state index contributed by atoms with van der Waals surface area (Å²) >= 11 is 0. The van der Waals surface area contributed by atoms with Gasteiger partial charge < -0.3 is 20.1 Å². The lowest BCUT2D eigenvalue weighted by molar-refractivity contribution is 0.000803. The van der Waals surface area contributed by atoms with Crippen LogP contribution in [0.15, 0.2) is 35.5 Å². The third-order valence-electron chi connectivity index (χ3n) is 8.99. The predicted molar refractivity (Wildman–Crippen MR) is 130 cm³/mol. The number of aliphatic hydroxyl groups is 3. The van der Waals surface area contributed by atoms with Gasteiger partial charge >= 0.3 is 0 Å². The van der Waals surface area contributed by atoms with Gasteiger partial charge in [0.25, 0.3) is 0 Å². The summed E-state index contributed by atoms with van der Waals surface area (Å²) in [7, 11) is 0. The SMILES string of the molecule is C=C1C(=CC=C2CCC[C@]3(C)[C@@H](COCCCC(O)(CC)CC)CC[C@@H]23)C[C@@H](O)C[C@@H]1O. The van der Waals surface area contributed by atoms with Crippen molar-refractivity contribution in [2.24, 2.45) is 17.3 Å². The number of rotatable bonds is 9. The normalized spacial score (nSPS) is 36.1. The molecule has 0 amide bonds. The van der Waals surface area contributed by atoms with Gasteiger partial charge in [0, 0.05) is 19.6 Å². The quantitative estimate of drug-likeness (QED) is 0.411. The molecule has 3 N–H and O–H groups in total. The Balaban J connectivity index is 1.57. The molecule has 0 bridgehead atoms. The molecule has 0 radical (unpaired) electrons. The van der Waals surface area contributed by atoms with Gasteiger partial charge in [-0.05, 0) is 92.6 Å². The van der Waals surface area contributed by atoms with Crippen LogP contribution in [0.4, 0.5) is 0 Å². The zero-order chi connectivity index (χ0) is 23.4. The van der Waals surface area contributed by atoms with E-state index in [1.807, 2.05) is 0 Å². The number of hydrogen-bond donors (Lipinski definition) is 3. The average Bonchev–Trinajstić information content (AvgIpc) is 3.11. The van der Waals surface area contributed by atoms with Crippen molar-refractivity contribution in [1.29, 1.82) is 0 Å². The molecule has 0 saturated heterocycles. The maximum absolute atomic E-state index is 10.5. The molecule has 4 heteroatoms. The molecule has 3 rings (SSSR count). The highest BCUT2D eigenvalue weighted by Crippen LogP contribution is 2.57. The molecule has 32 heavy (non-hydrogen) atoms. The lowest BCUT2D eigenvalue weighted by Gasteiger charge is -2.42. The second kappa shape index (κ2) is 11.0. The molecule has 0 aromatic heterocycles. The minimum atomic E-state index is -0.626. The van der Waals surface area contributed by atoms with E-state index in [1.54, 1.807) is 0 Å². The van der Waals surface area contributed by atoms with Crippen molar-refractivity contribution in [3.05, 3.63) is 35.5 Å². The van der Waals surface area contributed by atoms with Crippen LogP contribution in [0.25, 0.3) is 0 Å². The molecule has 0 aliphatic heterocycles. The summed E-state index contributed by atoms with van der Waals surface area (Å²) in [6.07, 6.45) is 13.7. The topological polar surface area (TPSA) is 69.9 Å². The molecule has 3 saturated carbocycles. The van der Waals surface area contributed by atoms with Gasteiger partial charge in [-0.2, -0.15) is 0 Å². The van der Waals surface area contributed by atoms with Crippen LogP contribution in [0, 0.1) is 17.3 Å². The highest BCUT2D eigenvalue weighted by molar-refractivity contribution is 5.38. The average molecular weight is 447 g/mol. The Kier molecular flexibility index (Phi) is 8.82. The zero-order valence-corrected chi connectivity index (χ0v) is 20.6. The molecule has 182 valence electrons. The molecule has 4 nitrogen and oxygen atoms in total. The van der Waals surface area contributed by atoms with Crippen LogP contribution in [0.1, 0.15) is 91.4 Å². The fraction of sp³-hybridized carbons (Fsp3) is 0.786. The summed E-state index contributed by atoms with van der Waals surface area (Å²) in [4.78, 5) is 0. The fourth-order valence-corrected chi connectivity index (χ4v) is 6.42. The van der Waals surface area contributed by atoms with Crippen molar-refractivity contribution in [1.82, 2.24) is 0 Å². The van der Waals surface area contributed by atoms with Gasteiger partial charge in [-0.3, -0.25) is 0 Å². The minimum Gasteiger partial charge on any atom is -0.393 e. The number of aliphatic hydroxyl groups excluding tert-OH is 2. The van der Waals surface area contributed by atoms with Crippen LogP contribution in [-0.4, -0.2) is 46.3 Å². The standard InChI is InChI=1S/C28H46O4/c1-5-28(31,6-2)15-8-16-32-19-23-12-13-25-21(9-7-14-27(23,25)4)10-11-22-17-24(29)18-26(30)20(22)3/h10-11,23-26,29-31H,3,5-9,12-19H2,1-2,4H3/t23-,24-,25+,26+,27-/m1/s1. The van der Waals surface area contributed by atoms with Crippen LogP contribution < -0.4 is 0 Å². The van der Waals surface area contributed by atoms with Crippen molar-refractivity contribution >= 4 is 0 Å². The van der Waals surface area contributed by atoms with E-state index in [0.717, 1.165) is 56.5 Å². The van der Waals surface area contributed by atoms with E-state index in [-0.39, 0.29) is 0 Å². The van der Waals surface area contributed by atoms with E-state index in [0.29, 0.717) is 30.1 Å². The highest BCUT2D eigenvalue weighted by atomic mass is 16.5. The first-order chi connectivity index (χ1) is 15.2. The lowest BCUT2D eigenvalue weighted by Crippen LogP contribution is -2.35.